The van der Waals surface area contributed by atoms with Crippen LogP contribution in [0.2, 0.25) is 5.02 Å². The molecule has 3 aromatic carbocycles. The number of carbonyl (C=O) groups excluding carboxylic acids is 2. The lowest BCUT2D eigenvalue weighted by molar-refractivity contribution is -0.137. The molecule has 194 valence electrons. The zero-order chi connectivity index (χ0) is 26.5. The topological polar surface area (TPSA) is 89.4 Å². The number of carbonyl (C=O) groups is 2. The van der Waals surface area contributed by atoms with E-state index in [0.717, 1.165) is 5.56 Å². The van der Waals surface area contributed by atoms with E-state index in [9.17, 15) is 14.0 Å². The average molecular weight is 534 g/mol. The Bertz CT molecular complexity index is 1400. The van der Waals surface area contributed by atoms with E-state index in [1.807, 2.05) is 24.3 Å². The zero-order valence-electron chi connectivity index (χ0n) is 20.3. The zero-order valence-corrected chi connectivity index (χ0v) is 21.1. The van der Waals surface area contributed by atoms with E-state index in [2.05, 4.69) is 15.4 Å². The second-order valence-electron chi connectivity index (χ2n) is 9.16. The van der Waals surface area contributed by atoms with Crippen LogP contribution in [0.1, 0.15) is 12.0 Å². The highest BCUT2D eigenvalue weighted by molar-refractivity contribution is 6.30. The number of amides is 2. The highest BCUT2D eigenvalue weighted by Gasteiger charge is 2.39. The number of likely N-dealkylation sites (tertiary alicyclic amines) is 1. The van der Waals surface area contributed by atoms with Crippen molar-refractivity contribution in [2.24, 2.45) is 5.92 Å². The third kappa shape index (κ3) is 6.36. The van der Waals surface area contributed by atoms with Crippen LogP contribution in [0.4, 0.5) is 10.1 Å². The van der Waals surface area contributed by atoms with Gasteiger partial charge in [0.2, 0.25) is 11.8 Å². The predicted molar refractivity (Wildman–Crippen MR) is 140 cm³/mol. The smallest absolute Gasteiger partial charge is 0.247 e. The molecule has 0 aliphatic carbocycles. The van der Waals surface area contributed by atoms with Crippen LogP contribution in [0, 0.1) is 11.7 Å². The first kappa shape index (κ1) is 25.4. The molecule has 0 radical (unpaired) electrons. The van der Waals surface area contributed by atoms with Crippen molar-refractivity contribution in [2.75, 3.05) is 11.9 Å². The monoisotopic (exact) mass is 533 g/mol. The maximum absolute atomic E-state index is 13.4. The van der Waals surface area contributed by atoms with Crippen molar-refractivity contribution >= 4 is 29.1 Å². The number of rotatable bonds is 8. The minimum Gasteiger partial charge on any atom is -0.457 e. The van der Waals surface area contributed by atoms with Crippen molar-refractivity contribution in [3.63, 3.8) is 0 Å². The fourth-order valence-corrected chi connectivity index (χ4v) is 4.82. The van der Waals surface area contributed by atoms with Crippen LogP contribution in [-0.2, 0) is 22.6 Å². The molecule has 2 atom stereocenters. The van der Waals surface area contributed by atoms with Gasteiger partial charge in [-0.2, -0.15) is 5.10 Å². The number of hydrogen-bond donors (Lipinski definition) is 1. The fourth-order valence-electron chi connectivity index (χ4n) is 4.61. The summed E-state index contributed by atoms with van der Waals surface area (Å²) in [7, 11) is 0. The number of benzene rings is 3. The van der Waals surface area contributed by atoms with Gasteiger partial charge >= 0.3 is 0 Å². The number of ether oxygens (including phenoxy) is 1. The molecule has 8 nitrogen and oxygen atoms in total. The Morgan fingerprint density at radius 3 is 2.47 bits per heavy atom. The van der Waals surface area contributed by atoms with Crippen molar-refractivity contribution < 1.29 is 18.7 Å². The van der Waals surface area contributed by atoms with Gasteiger partial charge in [-0.25, -0.2) is 14.1 Å². The van der Waals surface area contributed by atoms with Crippen molar-refractivity contribution in [1.29, 1.82) is 0 Å². The summed E-state index contributed by atoms with van der Waals surface area (Å²) in [6, 6.07) is 19.6. The summed E-state index contributed by atoms with van der Waals surface area (Å²) in [5.74, 6) is 0.328. The normalized spacial score (nSPS) is 16.8. The molecule has 38 heavy (non-hydrogen) atoms. The molecule has 4 aromatic rings. The van der Waals surface area contributed by atoms with Crippen LogP contribution in [0.15, 0.2) is 85.5 Å². The molecule has 1 aromatic heterocycles. The Labute approximate surface area is 224 Å². The summed E-state index contributed by atoms with van der Waals surface area (Å²) in [6.07, 6.45) is 4.06. The van der Waals surface area contributed by atoms with E-state index in [-0.39, 0.29) is 30.1 Å². The van der Waals surface area contributed by atoms with Gasteiger partial charge in [-0.05, 0) is 85.0 Å². The molecule has 1 aliphatic heterocycles. The minimum absolute atomic E-state index is 0.00306. The number of nitrogens with one attached hydrogen (secondary N) is 1. The summed E-state index contributed by atoms with van der Waals surface area (Å²) in [5.41, 5.74) is 1.63. The number of aromatic nitrogens is 3. The van der Waals surface area contributed by atoms with Crippen molar-refractivity contribution in [3.8, 4) is 11.5 Å². The summed E-state index contributed by atoms with van der Waals surface area (Å²) in [6.45, 7) is 0.450. The maximum atomic E-state index is 13.4. The van der Waals surface area contributed by atoms with E-state index in [0.29, 0.717) is 41.6 Å². The molecule has 1 aliphatic rings. The molecule has 1 saturated heterocycles. The van der Waals surface area contributed by atoms with Gasteiger partial charge < -0.3 is 15.0 Å². The third-order valence-corrected chi connectivity index (χ3v) is 6.59. The van der Waals surface area contributed by atoms with Crippen LogP contribution in [0.5, 0.6) is 11.5 Å². The Balaban J connectivity index is 1.27. The van der Waals surface area contributed by atoms with Gasteiger partial charge in [-0.3, -0.25) is 9.59 Å². The molecule has 1 fully saturated rings. The maximum Gasteiger partial charge on any atom is 0.247 e. The van der Waals surface area contributed by atoms with Gasteiger partial charge in [0, 0.05) is 17.3 Å². The molecule has 2 amide bonds. The summed E-state index contributed by atoms with van der Waals surface area (Å²) < 4.78 is 20.3. The van der Waals surface area contributed by atoms with Gasteiger partial charge in [0.1, 0.15) is 42.6 Å². The molecule has 10 heteroatoms. The van der Waals surface area contributed by atoms with Crippen LogP contribution in [-0.4, -0.2) is 44.1 Å². The molecule has 0 saturated carbocycles. The van der Waals surface area contributed by atoms with Crippen LogP contribution < -0.4 is 10.1 Å². The number of hydrogen-bond acceptors (Lipinski definition) is 5. The second kappa shape index (κ2) is 11.4. The minimum atomic E-state index is -0.634. The lowest BCUT2D eigenvalue weighted by Gasteiger charge is -2.24. The first-order valence-electron chi connectivity index (χ1n) is 12.1. The molecule has 0 spiro atoms. The van der Waals surface area contributed by atoms with Gasteiger partial charge in [-0.15, -0.1) is 0 Å². The average Bonchev–Trinajstić information content (AvgIpc) is 3.57. The molecule has 5 rings (SSSR count). The molecular weight excluding hydrogens is 509 g/mol. The van der Waals surface area contributed by atoms with Crippen molar-refractivity contribution in [3.05, 3.63) is 102 Å². The van der Waals surface area contributed by atoms with Crippen LogP contribution in [0.3, 0.4) is 0 Å². The number of halogens is 2. The summed E-state index contributed by atoms with van der Waals surface area (Å²) >= 11 is 6.15. The molecule has 2 heterocycles. The van der Waals surface area contributed by atoms with Crippen molar-refractivity contribution in [2.45, 2.75) is 25.4 Å². The Morgan fingerprint density at radius 1 is 1.05 bits per heavy atom. The van der Waals surface area contributed by atoms with Crippen LogP contribution in [0.25, 0.3) is 0 Å². The molecule has 1 N–H and O–H groups in total. The first-order valence-corrected chi connectivity index (χ1v) is 12.5. The summed E-state index contributed by atoms with van der Waals surface area (Å²) in [4.78, 5) is 32.0. The molecule has 0 unspecified atom stereocenters. The van der Waals surface area contributed by atoms with E-state index >= 15 is 0 Å². The highest BCUT2D eigenvalue weighted by atomic mass is 35.5. The van der Waals surface area contributed by atoms with Gasteiger partial charge in [-0.1, -0.05) is 23.7 Å². The van der Waals surface area contributed by atoms with E-state index < -0.39 is 6.04 Å². The highest BCUT2D eigenvalue weighted by Crippen LogP contribution is 2.29. The Kier molecular flexibility index (Phi) is 7.65. The van der Waals surface area contributed by atoms with Crippen LogP contribution >= 0.6 is 11.6 Å². The predicted octanol–water partition coefficient (Wildman–Crippen LogP) is 4.96. The summed E-state index contributed by atoms with van der Waals surface area (Å²) in [5, 5.41) is 7.60. The van der Waals surface area contributed by atoms with E-state index in [4.69, 9.17) is 16.3 Å². The largest absolute Gasteiger partial charge is 0.457 e. The van der Waals surface area contributed by atoms with Gasteiger partial charge in [0.05, 0.1) is 0 Å². The fraction of sp³-hybridized carbons (Fsp3) is 0.214. The van der Waals surface area contributed by atoms with Crippen molar-refractivity contribution in [1.82, 2.24) is 19.7 Å². The molecular formula is C28H25ClFN5O3. The van der Waals surface area contributed by atoms with Gasteiger partial charge in [0.15, 0.2) is 0 Å². The van der Waals surface area contributed by atoms with E-state index in [1.54, 1.807) is 29.2 Å². The molecule has 0 bridgehead atoms. The number of nitrogens with zero attached hydrogens (tertiary/aromatic N) is 4. The standard InChI is InChI=1S/C28H25ClFN5O3/c29-21-3-1-2-19(13-21)12-20-14-26(35(15-20)27(36)16-34-18-31-17-32-34)28(37)33-23-6-10-25(11-7-23)38-24-8-4-22(30)5-9-24/h1-11,13,17-18,20,26H,12,14-16H2,(H,33,37)/t20-,26+/m1/s1. The third-order valence-electron chi connectivity index (χ3n) is 6.36. The Hall–Kier alpha value is -4.24. The SMILES string of the molecule is O=C(Nc1ccc(Oc2ccc(F)cc2)cc1)[C@@H]1C[C@@H](Cc2cccc(Cl)c2)CN1C(=O)Cn1cncn1. The first-order chi connectivity index (χ1) is 18.4. The quantitative estimate of drug-likeness (QED) is 0.346. The van der Waals surface area contributed by atoms with Gasteiger partial charge in [0.25, 0.3) is 0 Å². The van der Waals surface area contributed by atoms with E-state index in [1.165, 1.54) is 41.6 Å². The Morgan fingerprint density at radius 2 is 1.79 bits per heavy atom. The second-order valence-corrected chi connectivity index (χ2v) is 9.60. The lowest BCUT2D eigenvalue weighted by Crippen LogP contribution is -2.44. The number of anilines is 1. The lowest BCUT2D eigenvalue weighted by atomic mass is 9.96.